The molecule has 0 bridgehead atoms. The van der Waals surface area contributed by atoms with Gasteiger partial charge in [-0.25, -0.2) is 8.42 Å². The summed E-state index contributed by atoms with van der Waals surface area (Å²) >= 11 is 1.52. The van der Waals surface area contributed by atoms with Crippen LogP contribution in [0.15, 0.2) is 101 Å². The highest BCUT2D eigenvalue weighted by Crippen LogP contribution is 2.27. The number of hydrogen-bond donors (Lipinski definition) is 1. The van der Waals surface area contributed by atoms with Crippen LogP contribution < -0.4 is 19.1 Å². The van der Waals surface area contributed by atoms with Gasteiger partial charge in [0, 0.05) is 10.3 Å². The zero-order chi connectivity index (χ0) is 27.0. The fourth-order valence-corrected chi connectivity index (χ4v) is 5.75. The Kier molecular flexibility index (Phi) is 9.15. The third-order valence-electron chi connectivity index (χ3n) is 5.80. The smallest absolute Gasteiger partial charge is 0.264 e. The zero-order valence-corrected chi connectivity index (χ0v) is 22.9. The van der Waals surface area contributed by atoms with E-state index in [9.17, 15) is 13.2 Å². The van der Waals surface area contributed by atoms with E-state index in [-0.39, 0.29) is 24.6 Å². The molecule has 0 spiro atoms. The lowest BCUT2D eigenvalue weighted by atomic mass is 10.1. The monoisotopic (exact) mass is 550 g/mol. The molecule has 7 nitrogen and oxygen atoms in total. The quantitative estimate of drug-likeness (QED) is 0.189. The summed E-state index contributed by atoms with van der Waals surface area (Å²) in [5.41, 5.74) is 0.365. The lowest BCUT2D eigenvalue weighted by Crippen LogP contribution is -2.41. The molecule has 0 aliphatic carbocycles. The van der Waals surface area contributed by atoms with Crippen LogP contribution >= 0.6 is 11.8 Å². The number of nitrogens with zero attached hydrogens (tertiary/aromatic N) is 1. The van der Waals surface area contributed by atoms with Crippen molar-refractivity contribution in [3.05, 3.63) is 91.0 Å². The van der Waals surface area contributed by atoms with Gasteiger partial charge in [-0.1, -0.05) is 36.4 Å². The van der Waals surface area contributed by atoms with Crippen molar-refractivity contribution in [2.75, 3.05) is 36.9 Å². The van der Waals surface area contributed by atoms with E-state index in [0.29, 0.717) is 18.0 Å². The summed E-state index contributed by atoms with van der Waals surface area (Å²) in [6.07, 6.45) is 1.92. The summed E-state index contributed by atoms with van der Waals surface area (Å²) < 4.78 is 39.7. The summed E-state index contributed by atoms with van der Waals surface area (Å²) in [7, 11) is -4.01. The number of benzene rings is 4. The molecule has 0 fully saturated rings. The molecule has 1 N–H and O–H groups in total. The van der Waals surface area contributed by atoms with E-state index < -0.39 is 15.9 Å². The topological polar surface area (TPSA) is 84.9 Å². The lowest BCUT2D eigenvalue weighted by Gasteiger charge is -2.24. The van der Waals surface area contributed by atoms with Crippen molar-refractivity contribution < 1.29 is 22.7 Å². The fraction of sp³-hybridized carbons (Fsp3) is 0.207. The van der Waals surface area contributed by atoms with Gasteiger partial charge in [-0.05, 0) is 73.2 Å². The van der Waals surface area contributed by atoms with E-state index in [2.05, 4.69) is 5.32 Å². The number of sulfonamides is 1. The average molecular weight is 551 g/mol. The molecule has 4 aromatic carbocycles. The number of thioether (sulfide) groups is 1. The Morgan fingerprint density at radius 2 is 1.61 bits per heavy atom. The van der Waals surface area contributed by atoms with E-state index in [1.165, 1.54) is 11.8 Å². The normalized spacial score (nSPS) is 11.2. The number of hydrogen-bond acceptors (Lipinski definition) is 6. The summed E-state index contributed by atoms with van der Waals surface area (Å²) in [5, 5.41) is 4.83. The Morgan fingerprint density at radius 1 is 0.895 bits per heavy atom. The van der Waals surface area contributed by atoms with Gasteiger partial charge in [0.25, 0.3) is 10.0 Å². The first-order valence-corrected chi connectivity index (χ1v) is 14.9. The molecule has 9 heteroatoms. The standard InChI is InChI=1S/C29H30N2O5S2/c1-3-35-24-13-11-23(12-14-24)31(38(33,34)26-17-15-25(37-2)16-18-26)21-29(32)30-19-20-36-28-10-6-8-22-7-4-5-9-27(22)28/h4-18H,3,19-21H2,1-2H3,(H,30,32). The molecule has 4 rings (SSSR count). The van der Waals surface area contributed by atoms with Crippen LogP contribution in [0.1, 0.15) is 6.92 Å². The summed E-state index contributed by atoms with van der Waals surface area (Å²) in [4.78, 5) is 14.0. The molecule has 198 valence electrons. The minimum atomic E-state index is -4.01. The minimum Gasteiger partial charge on any atom is -0.494 e. The lowest BCUT2D eigenvalue weighted by molar-refractivity contribution is -0.119. The first-order chi connectivity index (χ1) is 18.4. The van der Waals surface area contributed by atoms with Crippen LogP contribution in [-0.2, 0) is 14.8 Å². The molecule has 0 saturated carbocycles. The van der Waals surface area contributed by atoms with Gasteiger partial charge in [-0.2, -0.15) is 0 Å². The van der Waals surface area contributed by atoms with Crippen molar-refractivity contribution in [1.82, 2.24) is 5.32 Å². The maximum Gasteiger partial charge on any atom is 0.264 e. The Balaban J connectivity index is 1.46. The van der Waals surface area contributed by atoms with Gasteiger partial charge in [-0.3, -0.25) is 9.10 Å². The Labute approximate surface area is 227 Å². The van der Waals surface area contributed by atoms with Crippen LogP contribution in [0, 0.1) is 0 Å². The number of amides is 1. The molecule has 0 heterocycles. The van der Waals surface area contributed by atoms with E-state index in [0.717, 1.165) is 25.7 Å². The number of anilines is 1. The van der Waals surface area contributed by atoms with E-state index in [4.69, 9.17) is 9.47 Å². The number of rotatable bonds is 12. The van der Waals surface area contributed by atoms with Crippen molar-refractivity contribution in [1.29, 1.82) is 0 Å². The van der Waals surface area contributed by atoms with Crippen LogP contribution in [0.3, 0.4) is 0 Å². The molecule has 4 aromatic rings. The van der Waals surface area contributed by atoms with Crippen molar-refractivity contribution in [2.24, 2.45) is 0 Å². The molecule has 0 saturated heterocycles. The van der Waals surface area contributed by atoms with Crippen molar-refractivity contribution in [3.63, 3.8) is 0 Å². The van der Waals surface area contributed by atoms with Crippen molar-refractivity contribution >= 4 is 44.2 Å². The predicted molar refractivity (Wildman–Crippen MR) is 153 cm³/mol. The largest absolute Gasteiger partial charge is 0.494 e. The van der Waals surface area contributed by atoms with Gasteiger partial charge in [0.2, 0.25) is 5.91 Å². The van der Waals surface area contributed by atoms with Crippen LogP contribution in [-0.4, -0.2) is 46.9 Å². The predicted octanol–water partition coefficient (Wildman–Crippen LogP) is 5.35. The highest BCUT2D eigenvalue weighted by atomic mass is 32.2. The highest BCUT2D eigenvalue weighted by Gasteiger charge is 2.27. The van der Waals surface area contributed by atoms with Crippen LogP contribution in [0.4, 0.5) is 5.69 Å². The molecule has 0 aromatic heterocycles. The second-order valence-electron chi connectivity index (χ2n) is 8.29. The minimum absolute atomic E-state index is 0.108. The second-order valence-corrected chi connectivity index (χ2v) is 11.0. The molecule has 0 unspecified atom stereocenters. The molecule has 1 amide bonds. The summed E-state index contributed by atoms with van der Waals surface area (Å²) in [6, 6.07) is 27.0. The second kappa shape index (κ2) is 12.7. The zero-order valence-electron chi connectivity index (χ0n) is 21.3. The molecule has 38 heavy (non-hydrogen) atoms. The molecule has 0 radical (unpaired) electrons. The van der Waals surface area contributed by atoms with Gasteiger partial charge in [0.1, 0.15) is 24.7 Å². The molecule has 0 aliphatic heterocycles. The number of ether oxygens (including phenoxy) is 2. The van der Waals surface area contributed by atoms with E-state index >= 15 is 0 Å². The van der Waals surface area contributed by atoms with Crippen LogP contribution in [0.5, 0.6) is 11.5 Å². The molecule has 0 aliphatic rings. The third kappa shape index (κ3) is 6.59. The Bertz CT molecular complexity index is 1470. The van der Waals surface area contributed by atoms with Gasteiger partial charge in [0.15, 0.2) is 0 Å². The number of fused-ring (bicyclic) bond motifs is 1. The number of carbonyl (C=O) groups excluding carboxylic acids is 1. The number of carbonyl (C=O) groups is 1. The maximum absolute atomic E-state index is 13.6. The van der Waals surface area contributed by atoms with E-state index in [1.54, 1.807) is 48.5 Å². The first-order valence-electron chi connectivity index (χ1n) is 12.2. The van der Waals surface area contributed by atoms with Gasteiger partial charge in [0.05, 0.1) is 23.7 Å². The first kappa shape index (κ1) is 27.3. The third-order valence-corrected chi connectivity index (χ3v) is 8.33. The molecular weight excluding hydrogens is 520 g/mol. The van der Waals surface area contributed by atoms with Gasteiger partial charge < -0.3 is 14.8 Å². The Morgan fingerprint density at radius 3 is 2.32 bits per heavy atom. The summed E-state index contributed by atoms with van der Waals surface area (Å²) in [5.74, 6) is 0.905. The maximum atomic E-state index is 13.6. The van der Waals surface area contributed by atoms with Gasteiger partial charge >= 0.3 is 0 Å². The summed E-state index contributed by atoms with van der Waals surface area (Å²) in [6.45, 7) is 2.45. The van der Waals surface area contributed by atoms with Crippen LogP contribution in [0.25, 0.3) is 10.8 Å². The molecule has 0 atom stereocenters. The van der Waals surface area contributed by atoms with Crippen LogP contribution in [0.2, 0.25) is 0 Å². The van der Waals surface area contributed by atoms with Gasteiger partial charge in [-0.15, -0.1) is 11.8 Å². The average Bonchev–Trinajstić information content (AvgIpc) is 2.95. The van der Waals surface area contributed by atoms with Crippen molar-refractivity contribution in [3.8, 4) is 11.5 Å². The highest BCUT2D eigenvalue weighted by molar-refractivity contribution is 7.98. The van der Waals surface area contributed by atoms with Crippen molar-refractivity contribution in [2.45, 2.75) is 16.7 Å². The number of nitrogens with one attached hydrogen (secondary N) is 1. The molecular formula is C29H30N2O5S2. The fourth-order valence-electron chi connectivity index (χ4n) is 3.92. The van der Waals surface area contributed by atoms with E-state index in [1.807, 2.05) is 55.6 Å². The SMILES string of the molecule is CCOc1ccc(N(CC(=O)NCCOc2cccc3ccccc23)S(=O)(=O)c2ccc(SC)cc2)cc1. The Hall–Kier alpha value is -3.69.